The topological polar surface area (TPSA) is 72.7 Å². The van der Waals surface area contributed by atoms with Gasteiger partial charge in [-0.1, -0.05) is 31.1 Å². The van der Waals surface area contributed by atoms with Crippen molar-refractivity contribution in [3.8, 4) is 22.9 Å². The van der Waals surface area contributed by atoms with Crippen molar-refractivity contribution in [2.75, 3.05) is 20.8 Å². The molecule has 0 saturated carbocycles. The van der Waals surface area contributed by atoms with Crippen molar-refractivity contribution >= 4 is 22.9 Å². The van der Waals surface area contributed by atoms with Gasteiger partial charge < -0.3 is 24.2 Å². The summed E-state index contributed by atoms with van der Waals surface area (Å²) in [6, 6.07) is 11.4. The molecular weight excluding hydrogens is 467 g/mol. The lowest BCUT2D eigenvalue weighted by Gasteiger charge is -2.37. The molecule has 1 aliphatic rings. The molecule has 0 fully saturated rings. The molecule has 0 aliphatic carbocycles. The molecule has 2 aromatic carbocycles. The van der Waals surface area contributed by atoms with Crippen LogP contribution in [-0.4, -0.2) is 40.9 Å². The highest BCUT2D eigenvalue weighted by Crippen LogP contribution is 2.38. The number of thiocarbonyl (C=S) groups is 1. The van der Waals surface area contributed by atoms with Crippen molar-refractivity contribution in [2.45, 2.75) is 33.2 Å². The van der Waals surface area contributed by atoms with E-state index >= 15 is 0 Å². The number of benzene rings is 2. The van der Waals surface area contributed by atoms with Gasteiger partial charge in [0.25, 0.3) is 5.89 Å². The van der Waals surface area contributed by atoms with Crippen LogP contribution in [0.2, 0.25) is 0 Å². The van der Waals surface area contributed by atoms with Crippen molar-refractivity contribution in [3.63, 3.8) is 0 Å². The van der Waals surface area contributed by atoms with Crippen LogP contribution < -0.4 is 14.8 Å². The van der Waals surface area contributed by atoms with Gasteiger partial charge in [-0.2, -0.15) is 4.98 Å². The molecule has 0 bridgehead atoms. The van der Waals surface area contributed by atoms with E-state index in [0.29, 0.717) is 39.8 Å². The highest BCUT2D eigenvalue weighted by Gasteiger charge is 2.34. The predicted octanol–water partition coefficient (Wildman–Crippen LogP) is 5.60. The van der Waals surface area contributed by atoms with Gasteiger partial charge in [-0.25, -0.2) is 4.39 Å². The zero-order valence-electron chi connectivity index (χ0n) is 20.5. The number of hydrogen-bond donors (Lipinski definition) is 1. The third-order valence-electron chi connectivity index (χ3n) is 6.01. The molecule has 9 heteroatoms. The zero-order valence-corrected chi connectivity index (χ0v) is 21.3. The molecule has 2 heterocycles. The van der Waals surface area contributed by atoms with Crippen LogP contribution in [0.15, 0.2) is 52.7 Å². The Bertz CT molecular complexity index is 1260. The van der Waals surface area contributed by atoms with Crippen molar-refractivity contribution in [1.82, 2.24) is 20.4 Å². The first-order valence-corrected chi connectivity index (χ1v) is 11.8. The molecular formula is C26H29FN4O3S. The molecule has 0 saturated heterocycles. The van der Waals surface area contributed by atoms with Crippen LogP contribution in [0.5, 0.6) is 11.5 Å². The fourth-order valence-electron chi connectivity index (χ4n) is 4.08. The van der Waals surface area contributed by atoms with E-state index in [-0.39, 0.29) is 5.82 Å². The summed E-state index contributed by atoms with van der Waals surface area (Å²) in [5.74, 6) is 2.10. The number of allylic oxidation sites excluding steroid dienone is 1. The molecule has 1 aliphatic heterocycles. The minimum Gasteiger partial charge on any atom is -0.493 e. The van der Waals surface area contributed by atoms with Crippen LogP contribution >= 0.6 is 12.2 Å². The lowest BCUT2D eigenvalue weighted by molar-refractivity contribution is 0.355. The van der Waals surface area contributed by atoms with Crippen LogP contribution in [0, 0.1) is 11.7 Å². The van der Waals surface area contributed by atoms with Gasteiger partial charge in [0.2, 0.25) is 5.82 Å². The second-order valence-corrected chi connectivity index (χ2v) is 9.15. The lowest BCUT2D eigenvalue weighted by atomic mass is 9.94. The smallest absolute Gasteiger partial charge is 0.258 e. The summed E-state index contributed by atoms with van der Waals surface area (Å²) >= 11 is 5.70. The van der Waals surface area contributed by atoms with E-state index in [4.69, 9.17) is 31.2 Å². The summed E-state index contributed by atoms with van der Waals surface area (Å²) in [7, 11) is 3.15. The third-order valence-corrected chi connectivity index (χ3v) is 6.34. The predicted molar refractivity (Wildman–Crippen MR) is 136 cm³/mol. The monoisotopic (exact) mass is 496 g/mol. The summed E-state index contributed by atoms with van der Waals surface area (Å²) in [6.45, 7) is 7.06. The summed E-state index contributed by atoms with van der Waals surface area (Å²) < 4.78 is 30.6. The largest absolute Gasteiger partial charge is 0.493 e. The summed E-state index contributed by atoms with van der Waals surface area (Å²) in [4.78, 5) is 6.75. The molecule has 1 N–H and O–H groups in total. The highest BCUT2D eigenvalue weighted by atomic mass is 32.1. The van der Waals surface area contributed by atoms with Crippen molar-refractivity contribution in [2.24, 2.45) is 5.92 Å². The van der Waals surface area contributed by atoms with Crippen LogP contribution in [-0.2, 0) is 0 Å². The van der Waals surface area contributed by atoms with E-state index in [0.717, 1.165) is 29.8 Å². The number of nitrogens with zero attached hydrogens (tertiary/aromatic N) is 3. The molecule has 1 unspecified atom stereocenters. The van der Waals surface area contributed by atoms with Crippen molar-refractivity contribution in [1.29, 1.82) is 0 Å². The third kappa shape index (κ3) is 5.14. The average Bonchev–Trinajstić information content (AvgIpc) is 3.32. The fourth-order valence-corrected chi connectivity index (χ4v) is 4.42. The van der Waals surface area contributed by atoms with Crippen molar-refractivity contribution < 1.29 is 18.4 Å². The number of rotatable bonds is 8. The fraction of sp³-hybridized carbons (Fsp3) is 0.346. The Morgan fingerprint density at radius 1 is 1.14 bits per heavy atom. The maximum Gasteiger partial charge on any atom is 0.258 e. The molecule has 7 nitrogen and oxygen atoms in total. The molecule has 1 aromatic heterocycles. The van der Waals surface area contributed by atoms with Gasteiger partial charge in [0.05, 0.1) is 25.8 Å². The van der Waals surface area contributed by atoms with Gasteiger partial charge in [-0.05, 0) is 67.4 Å². The van der Waals surface area contributed by atoms with Gasteiger partial charge in [0, 0.05) is 17.8 Å². The Hall–Kier alpha value is -3.46. The van der Waals surface area contributed by atoms with Gasteiger partial charge in [0.1, 0.15) is 5.82 Å². The maximum absolute atomic E-state index is 14.1. The van der Waals surface area contributed by atoms with E-state index in [1.165, 1.54) is 12.1 Å². The molecule has 0 spiro atoms. The summed E-state index contributed by atoms with van der Waals surface area (Å²) in [5.41, 5.74) is 3.09. The first-order valence-electron chi connectivity index (χ1n) is 11.4. The number of methoxy groups -OCH3 is 2. The number of nitrogens with one attached hydrogen (secondary N) is 1. The summed E-state index contributed by atoms with van der Waals surface area (Å²) in [6.07, 6.45) is 0.956. The Morgan fingerprint density at radius 2 is 1.91 bits per heavy atom. The minimum atomic E-state index is -0.438. The Labute approximate surface area is 209 Å². The molecule has 35 heavy (non-hydrogen) atoms. The summed E-state index contributed by atoms with van der Waals surface area (Å²) in [5, 5.41) is 8.17. The standard InChI is InChI=1S/C26H29FN4O3S/c1-15(2)11-12-31-16(3)22(23(28-26(31)35)17-7-6-8-19(27)13-17)25-29-24(30-34-25)18-9-10-20(32-4)21(14-18)33-5/h6-10,13-15,23H,11-12H2,1-5H3,(H,28,35). The number of halogens is 1. The molecule has 3 aromatic rings. The normalized spacial score (nSPS) is 16.0. The Balaban J connectivity index is 1.79. The maximum atomic E-state index is 14.1. The lowest BCUT2D eigenvalue weighted by Crippen LogP contribution is -2.46. The average molecular weight is 497 g/mol. The highest BCUT2D eigenvalue weighted by molar-refractivity contribution is 7.80. The van der Waals surface area contributed by atoms with Crippen molar-refractivity contribution in [3.05, 3.63) is 65.4 Å². The number of aromatic nitrogens is 2. The van der Waals surface area contributed by atoms with E-state index in [1.54, 1.807) is 32.4 Å². The van der Waals surface area contributed by atoms with E-state index < -0.39 is 6.04 Å². The molecule has 184 valence electrons. The van der Waals surface area contributed by atoms with Gasteiger partial charge in [0.15, 0.2) is 16.6 Å². The van der Waals surface area contributed by atoms with E-state index in [1.807, 2.05) is 24.0 Å². The quantitative estimate of drug-likeness (QED) is 0.404. The second-order valence-electron chi connectivity index (χ2n) is 8.76. The minimum absolute atomic E-state index is 0.328. The number of ether oxygens (including phenoxy) is 2. The molecule has 4 rings (SSSR count). The molecule has 1 atom stereocenters. The second kappa shape index (κ2) is 10.4. The van der Waals surface area contributed by atoms with Gasteiger partial charge in [-0.15, -0.1) is 0 Å². The Morgan fingerprint density at radius 3 is 2.60 bits per heavy atom. The van der Waals surface area contributed by atoms with Gasteiger partial charge in [-0.3, -0.25) is 0 Å². The van der Waals surface area contributed by atoms with E-state index in [9.17, 15) is 4.39 Å². The zero-order chi connectivity index (χ0) is 25.1. The van der Waals surface area contributed by atoms with Crippen LogP contribution in [0.1, 0.15) is 44.7 Å². The van der Waals surface area contributed by atoms with Gasteiger partial charge >= 0.3 is 0 Å². The Kier molecular flexibility index (Phi) is 7.35. The first kappa shape index (κ1) is 24.7. The number of hydrogen-bond acceptors (Lipinski definition) is 6. The van der Waals surface area contributed by atoms with Crippen LogP contribution in [0.4, 0.5) is 4.39 Å². The van der Waals surface area contributed by atoms with Crippen LogP contribution in [0.3, 0.4) is 0 Å². The first-order chi connectivity index (χ1) is 16.8. The van der Waals surface area contributed by atoms with E-state index in [2.05, 4.69) is 24.3 Å². The SMILES string of the molecule is COc1ccc(-c2noc(C3=C(C)N(CCC(C)C)C(=S)NC3c3cccc(F)c3)n2)cc1OC. The molecule has 0 radical (unpaired) electrons. The van der Waals surface area contributed by atoms with Crippen LogP contribution in [0.25, 0.3) is 17.0 Å². The molecule has 0 amide bonds.